The molecule has 25 heavy (non-hydrogen) atoms. The predicted octanol–water partition coefficient (Wildman–Crippen LogP) is 1.42. The molecular weight excluding hydrogens is 331 g/mol. The van der Waals surface area contributed by atoms with Gasteiger partial charge in [-0.25, -0.2) is 9.18 Å². The number of nitrogens with one attached hydrogen (secondary N) is 1. The number of ether oxygens (including phenoxy) is 1. The van der Waals surface area contributed by atoms with Gasteiger partial charge in [-0.05, 0) is 37.6 Å². The number of carbonyl (C=O) groups is 3. The Hall–Kier alpha value is -2.64. The van der Waals surface area contributed by atoms with Crippen LogP contribution in [0.2, 0.25) is 0 Å². The van der Waals surface area contributed by atoms with Gasteiger partial charge in [-0.15, -0.1) is 0 Å². The van der Waals surface area contributed by atoms with Crippen LogP contribution in [0, 0.1) is 5.82 Å². The summed E-state index contributed by atoms with van der Waals surface area (Å²) in [5, 5.41) is 11.7. The molecule has 1 aromatic carbocycles. The number of amides is 2. The standard InChI is InChI=1S/C17H23FN2O5/c1-12(17(23)24)20(10-9-19-13(2)21)16(22)4-3-11-25-15-7-5-14(18)6-8-15/h5-8,12H,3-4,9-11H2,1-2H3,(H,19,21)(H,23,24). The van der Waals surface area contributed by atoms with Crippen LogP contribution in [-0.2, 0) is 14.4 Å². The molecule has 0 radical (unpaired) electrons. The van der Waals surface area contributed by atoms with E-state index in [9.17, 15) is 18.8 Å². The molecule has 1 unspecified atom stereocenters. The number of carbonyl (C=O) groups excluding carboxylic acids is 2. The predicted molar refractivity (Wildman–Crippen MR) is 88.6 cm³/mol. The van der Waals surface area contributed by atoms with E-state index in [0.717, 1.165) is 0 Å². The lowest BCUT2D eigenvalue weighted by Crippen LogP contribution is -2.46. The maximum atomic E-state index is 12.8. The van der Waals surface area contributed by atoms with Crippen molar-refractivity contribution in [3.05, 3.63) is 30.1 Å². The molecule has 1 aromatic rings. The zero-order valence-electron chi connectivity index (χ0n) is 14.3. The third-order valence-corrected chi connectivity index (χ3v) is 3.49. The first-order valence-electron chi connectivity index (χ1n) is 7.96. The van der Waals surface area contributed by atoms with Crippen molar-refractivity contribution in [2.24, 2.45) is 0 Å². The second-order valence-corrected chi connectivity index (χ2v) is 5.49. The molecule has 0 heterocycles. The molecule has 0 bridgehead atoms. The van der Waals surface area contributed by atoms with Gasteiger partial charge in [-0.2, -0.15) is 0 Å². The molecule has 2 amide bonds. The minimum Gasteiger partial charge on any atom is -0.494 e. The monoisotopic (exact) mass is 354 g/mol. The Kier molecular flexibility index (Phi) is 8.38. The van der Waals surface area contributed by atoms with Crippen molar-refractivity contribution in [2.75, 3.05) is 19.7 Å². The fourth-order valence-electron chi connectivity index (χ4n) is 2.11. The minimum absolute atomic E-state index is 0.110. The van der Waals surface area contributed by atoms with Gasteiger partial charge in [0, 0.05) is 26.4 Å². The fraction of sp³-hybridized carbons (Fsp3) is 0.471. The molecule has 0 fully saturated rings. The van der Waals surface area contributed by atoms with Crippen LogP contribution in [0.3, 0.4) is 0 Å². The molecular formula is C17H23FN2O5. The molecule has 0 saturated carbocycles. The van der Waals surface area contributed by atoms with Gasteiger partial charge in [0.1, 0.15) is 17.6 Å². The lowest BCUT2D eigenvalue weighted by atomic mass is 10.2. The average Bonchev–Trinajstić information content (AvgIpc) is 2.56. The first-order chi connectivity index (χ1) is 11.8. The molecule has 0 aliphatic heterocycles. The van der Waals surface area contributed by atoms with Crippen LogP contribution in [0.25, 0.3) is 0 Å². The van der Waals surface area contributed by atoms with Gasteiger partial charge in [0.05, 0.1) is 6.61 Å². The van der Waals surface area contributed by atoms with E-state index in [2.05, 4.69) is 5.32 Å². The highest BCUT2D eigenvalue weighted by Crippen LogP contribution is 2.12. The summed E-state index contributed by atoms with van der Waals surface area (Å²) >= 11 is 0. The number of halogens is 1. The van der Waals surface area contributed by atoms with Crippen LogP contribution in [-0.4, -0.2) is 53.5 Å². The van der Waals surface area contributed by atoms with Gasteiger partial charge in [-0.1, -0.05) is 0 Å². The lowest BCUT2D eigenvalue weighted by molar-refractivity contribution is -0.149. The van der Waals surface area contributed by atoms with E-state index >= 15 is 0 Å². The van der Waals surface area contributed by atoms with Crippen molar-refractivity contribution in [2.45, 2.75) is 32.7 Å². The summed E-state index contributed by atoms with van der Waals surface area (Å²) in [6.07, 6.45) is 0.498. The summed E-state index contributed by atoms with van der Waals surface area (Å²) in [6, 6.07) is 4.55. The minimum atomic E-state index is -1.11. The quantitative estimate of drug-likeness (QED) is 0.620. The number of nitrogens with zero attached hydrogens (tertiary/aromatic N) is 1. The van der Waals surface area contributed by atoms with Gasteiger partial charge < -0.3 is 20.1 Å². The Balaban J connectivity index is 2.45. The molecule has 0 aromatic heterocycles. The summed E-state index contributed by atoms with van der Waals surface area (Å²) in [5.74, 6) is -1.56. The number of carboxylic acid groups (broad SMARTS) is 1. The van der Waals surface area contributed by atoms with Gasteiger partial charge in [-0.3, -0.25) is 9.59 Å². The molecule has 7 nitrogen and oxygen atoms in total. The Morgan fingerprint density at radius 3 is 2.48 bits per heavy atom. The van der Waals surface area contributed by atoms with Crippen LogP contribution in [0.4, 0.5) is 4.39 Å². The number of aliphatic carboxylic acids is 1. The lowest BCUT2D eigenvalue weighted by Gasteiger charge is -2.26. The van der Waals surface area contributed by atoms with E-state index < -0.39 is 12.0 Å². The Morgan fingerprint density at radius 2 is 1.92 bits per heavy atom. The van der Waals surface area contributed by atoms with Crippen molar-refractivity contribution in [1.82, 2.24) is 10.2 Å². The van der Waals surface area contributed by atoms with Crippen molar-refractivity contribution in [3.8, 4) is 5.75 Å². The largest absolute Gasteiger partial charge is 0.494 e. The van der Waals surface area contributed by atoms with E-state index in [0.29, 0.717) is 12.2 Å². The molecule has 8 heteroatoms. The van der Waals surface area contributed by atoms with Gasteiger partial charge >= 0.3 is 5.97 Å². The van der Waals surface area contributed by atoms with Crippen LogP contribution in [0.15, 0.2) is 24.3 Å². The summed E-state index contributed by atoms with van der Waals surface area (Å²) in [5.41, 5.74) is 0. The molecule has 2 N–H and O–H groups in total. The third-order valence-electron chi connectivity index (χ3n) is 3.49. The second-order valence-electron chi connectivity index (χ2n) is 5.49. The van der Waals surface area contributed by atoms with E-state index in [1.807, 2.05) is 0 Å². The van der Waals surface area contributed by atoms with Crippen molar-refractivity contribution >= 4 is 17.8 Å². The maximum absolute atomic E-state index is 12.8. The molecule has 1 rings (SSSR count). The first kappa shape index (κ1) is 20.4. The Labute approximate surface area is 145 Å². The van der Waals surface area contributed by atoms with Crippen LogP contribution < -0.4 is 10.1 Å². The van der Waals surface area contributed by atoms with Gasteiger partial charge in [0.15, 0.2) is 0 Å². The van der Waals surface area contributed by atoms with Crippen LogP contribution in [0.5, 0.6) is 5.75 Å². The Bertz CT molecular complexity index is 591. The van der Waals surface area contributed by atoms with Crippen molar-refractivity contribution in [3.63, 3.8) is 0 Å². The zero-order chi connectivity index (χ0) is 18.8. The number of hydrogen-bond acceptors (Lipinski definition) is 4. The van der Waals surface area contributed by atoms with Crippen molar-refractivity contribution < 1.29 is 28.6 Å². The first-order valence-corrected chi connectivity index (χ1v) is 7.96. The number of benzene rings is 1. The second kappa shape index (κ2) is 10.3. The number of rotatable bonds is 10. The van der Waals surface area contributed by atoms with Crippen LogP contribution >= 0.6 is 0 Å². The van der Waals surface area contributed by atoms with E-state index in [1.54, 1.807) is 0 Å². The molecule has 0 aliphatic rings. The Morgan fingerprint density at radius 1 is 1.28 bits per heavy atom. The summed E-state index contributed by atoms with van der Waals surface area (Å²) in [7, 11) is 0. The molecule has 0 saturated heterocycles. The maximum Gasteiger partial charge on any atom is 0.326 e. The van der Waals surface area contributed by atoms with E-state index in [4.69, 9.17) is 9.84 Å². The highest BCUT2D eigenvalue weighted by molar-refractivity contribution is 5.83. The van der Waals surface area contributed by atoms with E-state index in [1.165, 1.54) is 43.0 Å². The summed E-state index contributed by atoms with van der Waals surface area (Å²) < 4.78 is 18.2. The van der Waals surface area contributed by atoms with E-state index in [-0.39, 0.29) is 43.7 Å². The summed E-state index contributed by atoms with van der Waals surface area (Å²) in [6.45, 7) is 3.32. The zero-order valence-corrected chi connectivity index (χ0v) is 14.3. The topological polar surface area (TPSA) is 95.9 Å². The van der Waals surface area contributed by atoms with Gasteiger partial charge in [0.25, 0.3) is 0 Å². The normalized spacial score (nSPS) is 11.5. The fourth-order valence-corrected chi connectivity index (χ4v) is 2.11. The molecule has 0 aliphatic carbocycles. The number of carboxylic acids is 1. The SMILES string of the molecule is CC(=O)NCCN(C(=O)CCCOc1ccc(F)cc1)C(C)C(=O)O. The highest BCUT2D eigenvalue weighted by atomic mass is 19.1. The smallest absolute Gasteiger partial charge is 0.326 e. The highest BCUT2D eigenvalue weighted by Gasteiger charge is 2.24. The molecule has 1 atom stereocenters. The van der Waals surface area contributed by atoms with Gasteiger partial charge in [0.2, 0.25) is 11.8 Å². The number of hydrogen-bond donors (Lipinski definition) is 2. The average molecular weight is 354 g/mol. The van der Waals surface area contributed by atoms with Crippen molar-refractivity contribution in [1.29, 1.82) is 0 Å². The molecule has 0 spiro atoms. The third kappa shape index (κ3) is 7.65. The molecule has 138 valence electrons. The van der Waals surface area contributed by atoms with Crippen LogP contribution in [0.1, 0.15) is 26.7 Å². The summed E-state index contributed by atoms with van der Waals surface area (Å²) in [4.78, 5) is 35.5.